The van der Waals surface area contributed by atoms with Crippen molar-refractivity contribution in [3.63, 3.8) is 0 Å². The van der Waals surface area contributed by atoms with Crippen LogP contribution in [0.5, 0.6) is 0 Å². The van der Waals surface area contributed by atoms with E-state index in [0.717, 1.165) is 44.9 Å². The van der Waals surface area contributed by atoms with Crippen LogP contribution in [0.3, 0.4) is 0 Å². The molecule has 0 spiro atoms. The van der Waals surface area contributed by atoms with E-state index in [1.165, 1.54) is 12.1 Å². The van der Waals surface area contributed by atoms with Crippen molar-refractivity contribution in [1.82, 2.24) is 19.8 Å². The van der Waals surface area contributed by atoms with Crippen molar-refractivity contribution in [2.45, 2.75) is 26.6 Å². The molecule has 1 aromatic heterocycles. The lowest BCUT2D eigenvalue weighted by Crippen LogP contribution is -2.25. The Balaban J connectivity index is 1.88. The van der Waals surface area contributed by atoms with Crippen molar-refractivity contribution in [3.05, 3.63) is 69.6 Å². The summed E-state index contributed by atoms with van der Waals surface area (Å²) in [6.45, 7) is 4.92. The first kappa shape index (κ1) is 18.7. The second-order valence-electron chi connectivity index (χ2n) is 6.06. The van der Waals surface area contributed by atoms with Gasteiger partial charge in [-0.1, -0.05) is 18.2 Å². The van der Waals surface area contributed by atoms with Gasteiger partial charge in [0.1, 0.15) is 0 Å². The van der Waals surface area contributed by atoms with Gasteiger partial charge in [0.25, 0.3) is 0 Å². The number of benzene rings is 2. The van der Waals surface area contributed by atoms with Crippen molar-refractivity contribution < 1.29 is 13.2 Å². The predicted octanol–water partition coefficient (Wildman–Crippen LogP) is 3.24. The first-order chi connectivity index (χ1) is 12.8. The first-order valence-electron chi connectivity index (χ1n) is 8.33. The van der Waals surface area contributed by atoms with E-state index in [4.69, 9.17) is 0 Å². The van der Waals surface area contributed by atoms with E-state index >= 15 is 0 Å². The van der Waals surface area contributed by atoms with Crippen LogP contribution in [0, 0.1) is 6.92 Å². The lowest BCUT2D eigenvalue weighted by atomic mass is 10.1. The standard InChI is InChI=1S/C18H18F3N5O/c1-3-22-16-8-7-13(9-12(16)2)11-25-17(27)26(24-23-25)15-6-4-5-14(10-15)18(19,20)21/h4-10,22H,3,11H2,1-2H3. The Hall–Kier alpha value is -3.10. The molecule has 0 aliphatic rings. The lowest BCUT2D eigenvalue weighted by molar-refractivity contribution is -0.137. The fourth-order valence-corrected chi connectivity index (χ4v) is 2.74. The molecule has 6 nitrogen and oxygen atoms in total. The molecule has 1 heterocycles. The zero-order chi connectivity index (χ0) is 19.6. The summed E-state index contributed by atoms with van der Waals surface area (Å²) in [6.07, 6.45) is -4.50. The summed E-state index contributed by atoms with van der Waals surface area (Å²) in [5.74, 6) is 0. The third kappa shape index (κ3) is 4.02. The molecule has 3 rings (SSSR count). The molecule has 0 atom stereocenters. The lowest BCUT2D eigenvalue weighted by Gasteiger charge is -2.09. The van der Waals surface area contributed by atoms with E-state index in [2.05, 4.69) is 15.7 Å². The summed E-state index contributed by atoms with van der Waals surface area (Å²) in [7, 11) is 0. The van der Waals surface area contributed by atoms with Gasteiger partial charge in [0, 0.05) is 12.2 Å². The van der Waals surface area contributed by atoms with Crippen molar-refractivity contribution in [1.29, 1.82) is 0 Å². The van der Waals surface area contributed by atoms with E-state index < -0.39 is 17.4 Å². The van der Waals surface area contributed by atoms with Gasteiger partial charge in [-0.2, -0.15) is 22.5 Å². The summed E-state index contributed by atoms with van der Waals surface area (Å²) in [5.41, 5.74) is 1.42. The molecule has 0 fully saturated rings. The average Bonchev–Trinajstić information content (AvgIpc) is 2.97. The zero-order valence-corrected chi connectivity index (χ0v) is 14.8. The van der Waals surface area contributed by atoms with Gasteiger partial charge in [-0.15, -0.1) is 0 Å². The smallest absolute Gasteiger partial charge is 0.385 e. The van der Waals surface area contributed by atoms with E-state index in [9.17, 15) is 18.0 Å². The fraction of sp³-hybridized carbons (Fsp3) is 0.278. The summed E-state index contributed by atoms with van der Waals surface area (Å²) < 4.78 is 40.6. The number of anilines is 1. The highest BCUT2D eigenvalue weighted by Gasteiger charge is 2.30. The molecular weight excluding hydrogens is 359 g/mol. The number of alkyl halides is 3. The Bertz CT molecular complexity index is 1010. The van der Waals surface area contributed by atoms with E-state index in [0.29, 0.717) is 0 Å². The van der Waals surface area contributed by atoms with Crippen LogP contribution >= 0.6 is 0 Å². The Morgan fingerprint density at radius 2 is 1.89 bits per heavy atom. The summed E-state index contributed by atoms with van der Waals surface area (Å²) in [4.78, 5) is 12.5. The summed E-state index contributed by atoms with van der Waals surface area (Å²) >= 11 is 0. The molecule has 0 bridgehead atoms. The minimum Gasteiger partial charge on any atom is -0.385 e. The maximum atomic E-state index is 12.9. The second kappa shape index (κ2) is 7.26. The number of halogens is 3. The monoisotopic (exact) mass is 377 g/mol. The molecule has 0 amide bonds. The predicted molar refractivity (Wildman–Crippen MR) is 95.1 cm³/mol. The van der Waals surface area contributed by atoms with Crippen LogP contribution < -0.4 is 11.0 Å². The largest absolute Gasteiger partial charge is 0.416 e. The van der Waals surface area contributed by atoms with Crippen molar-refractivity contribution in [2.24, 2.45) is 0 Å². The molecule has 142 valence electrons. The third-order valence-corrected chi connectivity index (χ3v) is 4.05. The normalized spacial score (nSPS) is 11.6. The topological polar surface area (TPSA) is 64.7 Å². The Kier molecular flexibility index (Phi) is 5.02. The first-order valence-corrected chi connectivity index (χ1v) is 8.33. The molecule has 3 aromatic rings. The molecule has 0 radical (unpaired) electrons. The van der Waals surface area contributed by atoms with Crippen molar-refractivity contribution >= 4 is 5.69 Å². The number of nitrogens with one attached hydrogen (secondary N) is 1. The zero-order valence-electron chi connectivity index (χ0n) is 14.8. The van der Waals surface area contributed by atoms with E-state index in [1.807, 2.05) is 32.0 Å². The van der Waals surface area contributed by atoms with Gasteiger partial charge in [-0.3, -0.25) is 0 Å². The second-order valence-corrected chi connectivity index (χ2v) is 6.06. The Morgan fingerprint density at radius 3 is 2.56 bits per heavy atom. The molecule has 9 heteroatoms. The minimum absolute atomic E-state index is 0.0137. The molecule has 0 aliphatic carbocycles. The van der Waals surface area contributed by atoms with Crippen LogP contribution in [-0.4, -0.2) is 26.3 Å². The number of aromatic nitrogens is 4. The molecule has 0 saturated carbocycles. The minimum atomic E-state index is -4.50. The average molecular weight is 377 g/mol. The number of nitrogens with zero attached hydrogens (tertiary/aromatic N) is 4. The van der Waals surface area contributed by atoms with Crippen LogP contribution in [0.15, 0.2) is 47.3 Å². The fourth-order valence-electron chi connectivity index (χ4n) is 2.74. The summed E-state index contributed by atoms with van der Waals surface area (Å²) in [6, 6.07) is 10.1. The van der Waals surface area contributed by atoms with Gasteiger partial charge in [-0.05, 0) is 59.7 Å². The molecule has 0 unspecified atom stereocenters. The maximum absolute atomic E-state index is 12.9. The number of rotatable bonds is 5. The third-order valence-electron chi connectivity index (χ3n) is 4.05. The molecular formula is C18H18F3N5O. The molecule has 27 heavy (non-hydrogen) atoms. The van der Waals surface area contributed by atoms with Crippen LogP contribution in [0.25, 0.3) is 5.69 Å². The van der Waals surface area contributed by atoms with Gasteiger partial charge >= 0.3 is 11.9 Å². The van der Waals surface area contributed by atoms with Gasteiger partial charge in [0.2, 0.25) is 0 Å². The number of aryl methyl sites for hydroxylation is 1. The molecule has 2 aromatic carbocycles. The van der Waals surface area contributed by atoms with Crippen molar-refractivity contribution in [3.8, 4) is 5.69 Å². The quantitative estimate of drug-likeness (QED) is 0.741. The molecule has 0 aliphatic heterocycles. The van der Waals surface area contributed by atoms with Crippen molar-refractivity contribution in [2.75, 3.05) is 11.9 Å². The number of hydrogen-bond acceptors (Lipinski definition) is 4. The molecule has 1 N–H and O–H groups in total. The molecule has 0 saturated heterocycles. The van der Waals surface area contributed by atoms with E-state index in [-0.39, 0.29) is 12.2 Å². The van der Waals surface area contributed by atoms with Gasteiger partial charge in [0.05, 0.1) is 17.8 Å². The Labute approximate surface area is 153 Å². The van der Waals surface area contributed by atoms with Crippen LogP contribution in [0.1, 0.15) is 23.6 Å². The maximum Gasteiger partial charge on any atom is 0.416 e. The van der Waals surface area contributed by atoms with Gasteiger partial charge in [-0.25, -0.2) is 4.79 Å². The summed E-state index contributed by atoms with van der Waals surface area (Å²) in [5, 5.41) is 10.7. The van der Waals surface area contributed by atoms with Crippen LogP contribution in [-0.2, 0) is 12.7 Å². The van der Waals surface area contributed by atoms with Gasteiger partial charge < -0.3 is 5.32 Å². The highest BCUT2D eigenvalue weighted by atomic mass is 19.4. The van der Waals surface area contributed by atoms with E-state index in [1.54, 1.807) is 0 Å². The Morgan fingerprint density at radius 1 is 1.11 bits per heavy atom. The number of hydrogen-bond donors (Lipinski definition) is 1. The highest BCUT2D eigenvalue weighted by Crippen LogP contribution is 2.29. The van der Waals surface area contributed by atoms with Crippen LogP contribution in [0.2, 0.25) is 0 Å². The number of tetrazole rings is 1. The highest BCUT2D eigenvalue weighted by molar-refractivity contribution is 5.52. The SMILES string of the molecule is CCNc1ccc(Cn2nnn(-c3cccc(C(F)(F)F)c3)c2=O)cc1C. The van der Waals surface area contributed by atoms with Gasteiger partial charge in [0.15, 0.2) is 0 Å². The van der Waals surface area contributed by atoms with Crippen LogP contribution in [0.4, 0.5) is 18.9 Å².